The van der Waals surface area contributed by atoms with Crippen LogP contribution in [0.15, 0.2) is 71.9 Å². The number of fused-ring (bicyclic) bond motifs is 1. The molecule has 0 unspecified atom stereocenters. The minimum Gasteiger partial charge on any atom is -0.356 e. The summed E-state index contributed by atoms with van der Waals surface area (Å²) in [4.78, 5) is 4.34. The number of piperidine rings is 1. The zero-order chi connectivity index (χ0) is 23.1. The van der Waals surface area contributed by atoms with Crippen LogP contribution in [0.5, 0.6) is 0 Å². The van der Waals surface area contributed by atoms with Crippen molar-refractivity contribution in [3.8, 4) is 0 Å². The second kappa shape index (κ2) is 10.8. The number of hydrogen-bond acceptors (Lipinski definition) is 4. The fourth-order valence-corrected chi connectivity index (χ4v) is 5.82. The molecule has 2 aromatic carbocycles. The zero-order valence-electron chi connectivity index (χ0n) is 18.7. The Bertz CT molecular complexity index is 1180. The van der Waals surface area contributed by atoms with Crippen molar-refractivity contribution in [3.63, 3.8) is 0 Å². The molecule has 0 aliphatic carbocycles. The fourth-order valence-electron chi connectivity index (χ4n) is 4.31. The first-order valence-electron chi connectivity index (χ1n) is 11.5. The summed E-state index contributed by atoms with van der Waals surface area (Å²) in [5, 5.41) is 16.0. The van der Waals surface area contributed by atoms with Gasteiger partial charge in [-0.05, 0) is 60.2 Å². The molecule has 33 heavy (non-hydrogen) atoms. The molecule has 174 valence electrons. The molecule has 3 aromatic rings. The Morgan fingerprint density at radius 1 is 1.00 bits per heavy atom. The Balaban J connectivity index is 1.17. The van der Waals surface area contributed by atoms with E-state index >= 15 is 0 Å². The molecule has 8 heteroatoms. The molecule has 7 nitrogen and oxygen atoms in total. The Hall–Kier alpha value is -2.97. The van der Waals surface area contributed by atoms with Crippen molar-refractivity contribution in [3.05, 3.63) is 67.0 Å². The normalized spacial score (nSPS) is 15.4. The lowest BCUT2D eigenvalue weighted by molar-refractivity contribution is 0.259. The van der Waals surface area contributed by atoms with Gasteiger partial charge < -0.3 is 10.6 Å². The maximum atomic E-state index is 13.1. The van der Waals surface area contributed by atoms with Crippen molar-refractivity contribution < 1.29 is 8.42 Å². The van der Waals surface area contributed by atoms with E-state index in [0.29, 0.717) is 23.9 Å². The average molecular weight is 466 g/mol. The second-order valence-electron chi connectivity index (χ2n) is 8.51. The number of aromatic nitrogens is 1. The number of benzene rings is 2. The highest BCUT2D eigenvalue weighted by Gasteiger charge is 2.29. The molecule has 0 saturated carbocycles. The van der Waals surface area contributed by atoms with Crippen LogP contribution in [0.3, 0.4) is 0 Å². The van der Waals surface area contributed by atoms with Gasteiger partial charge in [0.2, 0.25) is 10.0 Å². The van der Waals surface area contributed by atoms with E-state index < -0.39 is 10.0 Å². The summed E-state index contributed by atoms with van der Waals surface area (Å²) in [6.45, 7) is 1.91. The Kier molecular flexibility index (Phi) is 7.57. The Morgan fingerprint density at radius 2 is 1.73 bits per heavy atom. The zero-order valence-corrected chi connectivity index (χ0v) is 19.5. The third kappa shape index (κ3) is 6.09. The Morgan fingerprint density at radius 3 is 2.48 bits per heavy atom. The number of unbranched alkanes of at least 4 members (excludes halogenated alkanes) is 1. The van der Waals surface area contributed by atoms with Crippen molar-refractivity contribution in [1.82, 2.24) is 14.6 Å². The third-order valence-electron chi connectivity index (χ3n) is 6.22. The standard InChI is InChI=1S/C25H31N5O2S/c26-25(29-23-10-15-27-16-11-23)28-14-4-3-5-20-12-17-30(18-13-20)33(31,32)24-9-8-21-6-1-2-7-22(21)19-24/h1-2,6-11,15-16,19-20H,3-5,12-14,17-18H2,(H3,26,27,28,29). The molecule has 1 aliphatic rings. The van der Waals surface area contributed by atoms with Crippen molar-refractivity contribution in [2.24, 2.45) is 5.92 Å². The van der Waals surface area contributed by atoms with Gasteiger partial charge in [0.05, 0.1) is 4.90 Å². The molecule has 1 saturated heterocycles. The number of pyridine rings is 1. The van der Waals surface area contributed by atoms with Gasteiger partial charge in [-0.1, -0.05) is 43.2 Å². The van der Waals surface area contributed by atoms with Crippen molar-refractivity contribution >= 4 is 32.4 Å². The van der Waals surface area contributed by atoms with Gasteiger partial charge in [0.25, 0.3) is 0 Å². The van der Waals surface area contributed by atoms with Gasteiger partial charge in [0.15, 0.2) is 5.96 Å². The van der Waals surface area contributed by atoms with Crippen molar-refractivity contribution in [2.75, 3.05) is 25.0 Å². The molecule has 0 bridgehead atoms. The summed E-state index contributed by atoms with van der Waals surface area (Å²) < 4.78 is 27.9. The lowest BCUT2D eigenvalue weighted by atomic mass is 9.92. The lowest BCUT2D eigenvalue weighted by Crippen LogP contribution is -2.38. The smallest absolute Gasteiger partial charge is 0.243 e. The number of guanidine groups is 1. The molecule has 1 aliphatic heterocycles. The van der Waals surface area contributed by atoms with E-state index in [-0.39, 0.29) is 5.96 Å². The van der Waals surface area contributed by atoms with Crippen LogP contribution in [-0.4, -0.2) is 43.3 Å². The average Bonchev–Trinajstić information content (AvgIpc) is 2.84. The maximum Gasteiger partial charge on any atom is 0.243 e. The highest BCUT2D eigenvalue weighted by molar-refractivity contribution is 7.89. The van der Waals surface area contributed by atoms with E-state index in [9.17, 15) is 8.42 Å². The lowest BCUT2D eigenvalue weighted by Gasteiger charge is -2.31. The van der Waals surface area contributed by atoms with Crippen LogP contribution in [0.1, 0.15) is 32.1 Å². The van der Waals surface area contributed by atoms with Gasteiger partial charge in [-0.25, -0.2) is 8.42 Å². The van der Waals surface area contributed by atoms with Gasteiger partial charge in [-0.2, -0.15) is 4.31 Å². The number of sulfonamides is 1. The fraction of sp³-hybridized carbons (Fsp3) is 0.360. The van der Waals surface area contributed by atoms with Crippen LogP contribution >= 0.6 is 0 Å². The Labute approximate surface area is 195 Å². The molecule has 1 aromatic heterocycles. The van der Waals surface area contributed by atoms with Crippen LogP contribution in [0, 0.1) is 11.3 Å². The highest BCUT2D eigenvalue weighted by atomic mass is 32.2. The van der Waals surface area contributed by atoms with Gasteiger partial charge in [0.1, 0.15) is 0 Å². The predicted molar refractivity (Wildman–Crippen MR) is 133 cm³/mol. The predicted octanol–water partition coefficient (Wildman–Crippen LogP) is 4.44. The second-order valence-corrected chi connectivity index (χ2v) is 10.5. The molecule has 0 spiro atoms. The van der Waals surface area contributed by atoms with Crippen LogP contribution < -0.4 is 10.6 Å². The molecule has 0 amide bonds. The largest absolute Gasteiger partial charge is 0.356 e. The minimum atomic E-state index is -3.45. The van der Waals surface area contributed by atoms with Crippen LogP contribution in [-0.2, 0) is 10.0 Å². The molecule has 0 radical (unpaired) electrons. The third-order valence-corrected chi connectivity index (χ3v) is 8.12. The van der Waals surface area contributed by atoms with E-state index in [1.54, 1.807) is 28.8 Å². The summed E-state index contributed by atoms with van der Waals surface area (Å²) in [5.74, 6) is 0.843. The topological polar surface area (TPSA) is 98.2 Å². The summed E-state index contributed by atoms with van der Waals surface area (Å²) >= 11 is 0. The minimum absolute atomic E-state index is 0.286. The number of hydrogen-bond donors (Lipinski definition) is 3. The van der Waals surface area contributed by atoms with Crippen LogP contribution in [0.2, 0.25) is 0 Å². The molecule has 2 heterocycles. The summed E-state index contributed by atoms with van der Waals surface area (Å²) in [7, 11) is -3.45. The van der Waals surface area contributed by atoms with Gasteiger partial charge >= 0.3 is 0 Å². The molecular weight excluding hydrogens is 434 g/mol. The molecular formula is C25H31N5O2S. The number of anilines is 1. The SMILES string of the molecule is N=C(NCCCCC1CCN(S(=O)(=O)c2ccc3ccccc3c2)CC1)Nc1ccncc1. The van der Waals surface area contributed by atoms with Gasteiger partial charge in [-0.15, -0.1) is 0 Å². The summed E-state index contributed by atoms with van der Waals surface area (Å²) in [6, 6.07) is 16.9. The molecule has 3 N–H and O–H groups in total. The summed E-state index contributed by atoms with van der Waals surface area (Å²) in [6.07, 6.45) is 8.32. The van der Waals surface area contributed by atoms with Crippen LogP contribution in [0.4, 0.5) is 5.69 Å². The van der Waals surface area contributed by atoms with E-state index in [4.69, 9.17) is 5.41 Å². The first kappa shape index (κ1) is 23.2. The first-order chi connectivity index (χ1) is 16.0. The van der Waals surface area contributed by atoms with E-state index in [1.165, 1.54) is 0 Å². The van der Waals surface area contributed by atoms with Crippen LogP contribution in [0.25, 0.3) is 10.8 Å². The molecule has 0 atom stereocenters. The number of nitrogens with zero attached hydrogens (tertiary/aromatic N) is 2. The first-order valence-corrected chi connectivity index (χ1v) is 12.9. The maximum absolute atomic E-state index is 13.1. The number of rotatable bonds is 8. The highest BCUT2D eigenvalue weighted by Crippen LogP contribution is 2.28. The van der Waals surface area contributed by atoms with Crippen molar-refractivity contribution in [2.45, 2.75) is 37.0 Å². The summed E-state index contributed by atoms with van der Waals surface area (Å²) in [5.41, 5.74) is 0.841. The monoisotopic (exact) mass is 465 g/mol. The van der Waals surface area contributed by atoms with Gasteiger partial charge in [-0.3, -0.25) is 10.4 Å². The van der Waals surface area contributed by atoms with Crippen molar-refractivity contribution in [1.29, 1.82) is 5.41 Å². The molecule has 4 rings (SSSR count). The molecule has 1 fully saturated rings. The quantitative estimate of drug-likeness (QED) is 0.259. The van der Waals surface area contributed by atoms with Gasteiger partial charge in [0, 0.05) is 37.7 Å². The van der Waals surface area contributed by atoms with E-state index in [0.717, 1.165) is 55.1 Å². The van der Waals surface area contributed by atoms with E-state index in [1.807, 2.05) is 42.5 Å². The number of nitrogens with one attached hydrogen (secondary N) is 3. The van der Waals surface area contributed by atoms with E-state index in [2.05, 4.69) is 15.6 Å².